The number of hydrogen-bond acceptors (Lipinski definition) is 2. The number of methoxy groups -OCH3 is 1. The van der Waals surface area contributed by atoms with Gasteiger partial charge in [-0.25, -0.2) is 0 Å². The van der Waals surface area contributed by atoms with Crippen molar-refractivity contribution in [3.05, 3.63) is 32.9 Å². The van der Waals surface area contributed by atoms with E-state index in [4.69, 9.17) is 4.74 Å². The minimum atomic E-state index is -0.00130. The number of hydrogen-bond donors (Lipinski definition) is 1. The molecule has 1 aromatic carbocycles. The van der Waals surface area contributed by atoms with Crippen LogP contribution in [0.4, 0.5) is 0 Å². The number of ether oxygens (including phenoxy) is 1. The Hall–Kier alpha value is -0.620. The van der Waals surface area contributed by atoms with E-state index in [0.29, 0.717) is 13.2 Å². The maximum Gasteiger partial charge on any atom is 0.252 e. The van der Waals surface area contributed by atoms with Crippen LogP contribution in [0.2, 0.25) is 0 Å². The van der Waals surface area contributed by atoms with Gasteiger partial charge in [0.2, 0.25) is 0 Å². The number of carbonyl (C=O) groups is 1. The molecular formula is C15H22INO2. The summed E-state index contributed by atoms with van der Waals surface area (Å²) in [7, 11) is 1.70. The molecule has 0 heterocycles. The third-order valence-corrected chi connectivity index (χ3v) is 4.58. The van der Waals surface area contributed by atoms with Crippen molar-refractivity contribution >= 4 is 28.5 Å². The van der Waals surface area contributed by atoms with Gasteiger partial charge in [0.05, 0.1) is 5.56 Å². The van der Waals surface area contributed by atoms with E-state index in [1.54, 1.807) is 7.11 Å². The maximum absolute atomic E-state index is 12.2. The SMILES string of the molecule is COCCC(C)(C)CNC(=O)c1cccc(C)c1I. The van der Waals surface area contributed by atoms with Crippen LogP contribution in [0, 0.1) is 15.9 Å². The summed E-state index contributed by atoms with van der Waals surface area (Å²) < 4.78 is 6.11. The van der Waals surface area contributed by atoms with Crippen molar-refractivity contribution in [3.8, 4) is 0 Å². The van der Waals surface area contributed by atoms with Crippen molar-refractivity contribution in [2.75, 3.05) is 20.3 Å². The molecule has 0 unspecified atom stereocenters. The molecule has 1 aromatic rings. The van der Waals surface area contributed by atoms with Gasteiger partial charge >= 0.3 is 0 Å². The number of aryl methyl sites for hydroxylation is 1. The van der Waals surface area contributed by atoms with E-state index in [1.807, 2.05) is 25.1 Å². The van der Waals surface area contributed by atoms with Crippen LogP contribution in [0.1, 0.15) is 36.2 Å². The molecule has 0 spiro atoms. The van der Waals surface area contributed by atoms with Crippen LogP contribution in [0.25, 0.3) is 0 Å². The quantitative estimate of drug-likeness (QED) is 0.775. The average molecular weight is 375 g/mol. The lowest BCUT2D eigenvalue weighted by atomic mass is 9.89. The van der Waals surface area contributed by atoms with Crippen molar-refractivity contribution < 1.29 is 9.53 Å². The van der Waals surface area contributed by atoms with Gasteiger partial charge < -0.3 is 10.1 Å². The monoisotopic (exact) mass is 375 g/mol. The summed E-state index contributed by atoms with van der Waals surface area (Å²) in [5, 5.41) is 3.02. The van der Waals surface area contributed by atoms with Gasteiger partial charge in [0, 0.05) is 23.8 Å². The first-order valence-electron chi connectivity index (χ1n) is 6.39. The van der Waals surface area contributed by atoms with Gasteiger partial charge in [0.15, 0.2) is 0 Å². The molecule has 1 rings (SSSR count). The van der Waals surface area contributed by atoms with Gasteiger partial charge in [-0.3, -0.25) is 4.79 Å². The van der Waals surface area contributed by atoms with E-state index in [9.17, 15) is 4.79 Å². The molecule has 0 aliphatic rings. The fourth-order valence-corrected chi connectivity index (χ4v) is 2.31. The van der Waals surface area contributed by atoms with Crippen LogP contribution in [0.3, 0.4) is 0 Å². The summed E-state index contributed by atoms with van der Waals surface area (Å²) in [5.74, 6) is -0.00130. The van der Waals surface area contributed by atoms with Crippen molar-refractivity contribution in [2.45, 2.75) is 27.2 Å². The van der Waals surface area contributed by atoms with E-state index in [0.717, 1.165) is 21.1 Å². The summed E-state index contributed by atoms with van der Waals surface area (Å²) >= 11 is 2.22. The molecule has 0 fully saturated rings. The van der Waals surface area contributed by atoms with Gasteiger partial charge in [-0.1, -0.05) is 26.0 Å². The zero-order chi connectivity index (χ0) is 14.5. The number of benzene rings is 1. The van der Waals surface area contributed by atoms with Gasteiger partial charge in [0.25, 0.3) is 5.91 Å². The Labute approximate surface area is 129 Å². The highest BCUT2D eigenvalue weighted by Gasteiger charge is 2.19. The Morgan fingerprint density at radius 3 is 2.74 bits per heavy atom. The van der Waals surface area contributed by atoms with E-state index in [-0.39, 0.29) is 11.3 Å². The number of nitrogens with one attached hydrogen (secondary N) is 1. The van der Waals surface area contributed by atoms with Gasteiger partial charge in [0.1, 0.15) is 0 Å². The smallest absolute Gasteiger partial charge is 0.252 e. The minimum absolute atomic E-state index is 0.00130. The highest BCUT2D eigenvalue weighted by Crippen LogP contribution is 2.20. The number of carbonyl (C=O) groups excluding carboxylic acids is 1. The first-order chi connectivity index (χ1) is 8.87. The fraction of sp³-hybridized carbons (Fsp3) is 0.533. The Morgan fingerprint density at radius 1 is 1.42 bits per heavy atom. The average Bonchev–Trinajstić information content (AvgIpc) is 2.37. The Balaban J connectivity index is 2.63. The number of halogens is 1. The molecule has 19 heavy (non-hydrogen) atoms. The van der Waals surface area contributed by atoms with Gasteiger partial charge in [-0.2, -0.15) is 0 Å². The zero-order valence-electron chi connectivity index (χ0n) is 12.0. The molecule has 0 radical (unpaired) electrons. The van der Waals surface area contributed by atoms with Crippen LogP contribution in [-0.4, -0.2) is 26.2 Å². The molecular weight excluding hydrogens is 353 g/mol. The van der Waals surface area contributed by atoms with E-state index >= 15 is 0 Å². The molecule has 1 amide bonds. The largest absolute Gasteiger partial charge is 0.385 e. The molecule has 0 aliphatic heterocycles. The lowest BCUT2D eigenvalue weighted by molar-refractivity contribution is 0.0920. The lowest BCUT2D eigenvalue weighted by Crippen LogP contribution is -2.35. The summed E-state index contributed by atoms with van der Waals surface area (Å²) in [6.07, 6.45) is 0.925. The van der Waals surface area contributed by atoms with E-state index in [1.165, 1.54) is 0 Å². The second kappa shape index (κ2) is 7.24. The Bertz CT molecular complexity index is 444. The minimum Gasteiger partial charge on any atom is -0.385 e. The van der Waals surface area contributed by atoms with Crippen molar-refractivity contribution in [2.24, 2.45) is 5.41 Å². The summed E-state index contributed by atoms with van der Waals surface area (Å²) in [6, 6.07) is 5.80. The molecule has 0 saturated carbocycles. The van der Waals surface area contributed by atoms with Crippen molar-refractivity contribution in [3.63, 3.8) is 0 Å². The second-order valence-corrected chi connectivity index (χ2v) is 6.60. The molecule has 106 valence electrons. The first kappa shape index (κ1) is 16.4. The van der Waals surface area contributed by atoms with E-state index in [2.05, 4.69) is 41.8 Å². The topological polar surface area (TPSA) is 38.3 Å². The Morgan fingerprint density at radius 2 is 2.11 bits per heavy atom. The standard InChI is InChI=1S/C15H22INO2/c1-11-6-5-7-12(13(11)16)14(18)17-10-15(2,3)8-9-19-4/h5-7H,8-10H2,1-4H3,(H,17,18). The van der Waals surface area contributed by atoms with E-state index < -0.39 is 0 Å². The predicted octanol–water partition coefficient (Wildman–Crippen LogP) is 3.39. The highest BCUT2D eigenvalue weighted by molar-refractivity contribution is 14.1. The second-order valence-electron chi connectivity index (χ2n) is 5.53. The van der Waals surface area contributed by atoms with Crippen LogP contribution in [0.5, 0.6) is 0 Å². The normalized spacial score (nSPS) is 11.4. The molecule has 4 heteroatoms. The fourth-order valence-electron chi connectivity index (χ4n) is 1.70. The van der Waals surface area contributed by atoms with Crippen molar-refractivity contribution in [1.29, 1.82) is 0 Å². The highest BCUT2D eigenvalue weighted by atomic mass is 127. The van der Waals surface area contributed by atoms with Crippen LogP contribution < -0.4 is 5.32 Å². The number of amides is 1. The molecule has 0 atom stereocenters. The van der Waals surface area contributed by atoms with Crippen LogP contribution in [0.15, 0.2) is 18.2 Å². The third-order valence-electron chi connectivity index (χ3n) is 3.15. The molecule has 0 aromatic heterocycles. The number of rotatable bonds is 6. The third kappa shape index (κ3) is 5.10. The van der Waals surface area contributed by atoms with Crippen LogP contribution in [-0.2, 0) is 4.74 Å². The molecule has 3 nitrogen and oxygen atoms in total. The summed E-state index contributed by atoms with van der Waals surface area (Å²) in [4.78, 5) is 12.2. The summed E-state index contributed by atoms with van der Waals surface area (Å²) in [6.45, 7) is 7.65. The molecule has 0 saturated heterocycles. The van der Waals surface area contributed by atoms with Gasteiger partial charge in [-0.05, 0) is 53.0 Å². The maximum atomic E-state index is 12.2. The molecule has 1 N–H and O–H groups in total. The predicted molar refractivity (Wildman–Crippen MR) is 86.5 cm³/mol. The lowest BCUT2D eigenvalue weighted by Gasteiger charge is -2.24. The summed E-state index contributed by atoms with van der Waals surface area (Å²) in [5.41, 5.74) is 1.93. The van der Waals surface area contributed by atoms with Crippen LogP contribution >= 0.6 is 22.6 Å². The zero-order valence-corrected chi connectivity index (χ0v) is 14.2. The van der Waals surface area contributed by atoms with Gasteiger partial charge in [-0.15, -0.1) is 0 Å². The molecule has 0 bridgehead atoms. The first-order valence-corrected chi connectivity index (χ1v) is 7.47. The van der Waals surface area contributed by atoms with Crippen molar-refractivity contribution in [1.82, 2.24) is 5.32 Å². The Kier molecular flexibility index (Phi) is 6.26. The molecule has 0 aliphatic carbocycles.